The van der Waals surface area contributed by atoms with Gasteiger partial charge in [0.25, 0.3) is 0 Å². The first-order chi connectivity index (χ1) is 9.69. The van der Waals surface area contributed by atoms with Crippen LogP contribution in [0.2, 0.25) is 29.9 Å². The van der Waals surface area contributed by atoms with Crippen molar-refractivity contribution in [3.8, 4) is 0 Å². The summed E-state index contributed by atoms with van der Waals surface area (Å²) in [4.78, 5) is 4.17. The summed E-state index contributed by atoms with van der Waals surface area (Å²) in [6.45, 7) is 0. The molecular weight excluding hydrogens is 548 g/mol. The van der Waals surface area contributed by atoms with Crippen LogP contribution < -0.4 is 0 Å². The van der Waals surface area contributed by atoms with Gasteiger partial charge in [0, 0.05) is 0 Å². The van der Waals surface area contributed by atoms with E-state index in [1.54, 1.807) is 10.6 Å². The fraction of sp³-hybridized carbons (Fsp3) is 1.00. The molecule has 20 heavy (non-hydrogen) atoms. The topological polar surface area (TPSA) is 0 Å². The minimum atomic E-state index is 0.948. The normalized spacial score (nSPS) is 39.3. The van der Waals surface area contributed by atoms with Gasteiger partial charge in [-0.25, -0.2) is 0 Å². The van der Waals surface area contributed by atoms with Gasteiger partial charge in [-0.1, -0.05) is 0 Å². The summed E-state index contributed by atoms with van der Waals surface area (Å²) in [6, 6.07) is 0. The van der Waals surface area contributed by atoms with E-state index in [1.165, 1.54) is 37.2 Å². The van der Waals surface area contributed by atoms with Gasteiger partial charge in [0.2, 0.25) is 0 Å². The van der Waals surface area contributed by atoms with Gasteiger partial charge in [-0.05, 0) is 0 Å². The van der Waals surface area contributed by atoms with Crippen LogP contribution in [0.25, 0.3) is 0 Å². The van der Waals surface area contributed by atoms with Crippen molar-refractivity contribution in [2.75, 3.05) is 11.5 Å². The molecule has 3 rings (SSSR count). The average molecular weight is 572 g/mol. The van der Waals surface area contributed by atoms with Gasteiger partial charge in [0.15, 0.2) is 0 Å². The first-order valence-corrected chi connectivity index (χ1v) is 16.2. The molecule has 0 aromatic heterocycles. The van der Waals surface area contributed by atoms with Gasteiger partial charge < -0.3 is 0 Å². The van der Waals surface area contributed by atoms with E-state index in [2.05, 4.69) is 55.5 Å². The molecule has 0 aliphatic carbocycles. The number of thioether (sulfide) groups is 2. The van der Waals surface area contributed by atoms with E-state index in [0.29, 0.717) is 0 Å². The predicted molar refractivity (Wildman–Crippen MR) is 101 cm³/mol. The molecule has 0 bridgehead atoms. The third-order valence-corrected chi connectivity index (χ3v) is 15.9. The second kappa shape index (κ2) is 8.75. The fourth-order valence-corrected chi connectivity index (χ4v) is 16.5. The molecule has 3 fully saturated rings. The van der Waals surface area contributed by atoms with Crippen molar-refractivity contribution >= 4 is 85.5 Å². The Morgan fingerprint density at radius 3 is 1.50 bits per heavy atom. The monoisotopic (exact) mass is 576 g/mol. The Morgan fingerprint density at radius 2 is 1.20 bits per heavy atom. The SMILES string of the molecule is [SeH]C(CC1CS1)CC1C[Se]C(CC([SeH])CC2CS2)C[Se]1. The summed E-state index contributed by atoms with van der Waals surface area (Å²) < 4.78 is 0. The van der Waals surface area contributed by atoms with Crippen molar-refractivity contribution < 1.29 is 0 Å². The molecule has 6 unspecified atom stereocenters. The van der Waals surface area contributed by atoms with E-state index in [1.807, 2.05) is 0 Å². The summed E-state index contributed by atoms with van der Waals surface area (Å²) >= 11 is 12.2. The molecule has 6 atom stereocenters. The van der Waals surface area contributed by atoms with Crippen molar-refractivity contribution in [1.29, 1.82) is 0 Å². The molecule has 3 aliphatic rings. The third-order valence-electron chi connectivity index (χ3n) is 3.98. The molecule has 0 amide bonds. The van der Waals surface area contributed by atoms with Crippen molar-refractivity contribution in [3.63, 3.8) is 0 Å². The maximum atomic E-state index is 2.99. The Bertz CT molecular complexity index is 272. The molecule has 3 aliphatic heterocycles. The summed E-state index contributed by atoms with van der Waals surface area (Å²) in [5.74, 6) is 2.90. The van der Waals surface area contributed by atoms with Crippen LogP contribution in [0.15, 0.2) is 0 Å². The van der Waals surface area contributed by atoms with E-state index in [0.717, 1.165) is 59.7 Å². The Labute approximate surface area is 161 Å². The van der Waals surface area contributed by atoms with Gasteiger partial charge in [-0.15, -0.1) is 0 Å². The zero-order valence-corrected chi connectivity index (χ0v) is 20.5. The molecule has 0 nitrogen and oxygen atoms in total. The summed E-state index contributed by atoms with van der Waals surface area (Å²) in [5.41, 5.74) is 0. The van der Waals surface area contributed by atoms with Gasteiger partial charge in [0.1, 0.15) is 0 Å². The van der Waals surface area contributed by atoms with E-state index in [4.69, 9.17) is 0 Å². The Morgan fingerprint density at radius 1 is 0.800 bits per heavy atom. The summed E-state index contributed by atoms with van der Waals surface area (Å²) in [6.07, 6.45) is 6.05. The van der Waals surface area contributed by atoms with Crippen LogP contribution in [-0.2, 0) is 0 Å². The van der Waals surface area contributed by atoms with Crippen LogP contribution >= 0.6 is 23.5 Å². The van der Waals surface area contributed by atoms with Crippen LogP contribution in [-0.4, -0.2) is 83.9 Å². The zero-order chi connectivity index (χ0) is 13.9. The van der Waals surface area contributed by atoms with Gasteiger partial charge in [-0.3, -0.25) is 0 Å². The first-order valence-electron chi connectivity index (χ1n) is 7.51. The molecular formula is C14H24S2Se4. The van der Waals surface area contributed by atoms with Crippen LogP contribution in [0.1, 0.15) is 25.7 Å². The molecule has 3 saturated heterocycles. The summed E-state index contributed by atoms with van der Waals surface area (Å²) in [7, 11) is 0. The van der Waals surface area contributed by atoms with Gasteiger partial charge in [0.05, 0.1) is 0 Å². The molecule has 3 heterocycles. The average Bonchev–Trinajstić information content (AvgIpc) is 3.28. The van der Waals surface area contributed by atoms with Crippen LogP contribution in [0.4, 0.5) is 0 Å². The van der Waals surface area contributed by atoms with E-state index >= 15 is 0 Å². The molecule has 6 heteroatoms. The van der Waals surface area contributed by atoms with E-state index in [9.17, 15) is 0 Å². The predicted octanol–water partition coefficient (Wildman–Crippen LogP) is 2.99. The van der Waals surface area contributed by atoms with Crippen LogP contribution in [0.5, 0.6) is 0 Å². The van der Waals surface area contributed by atoms with Crippen LogP contribution in [0.3, 0.4) is 0 Å². The molecule has 0 N–H and O–H groups in total. The van der Waals surface area contributed by atoms with E-state index < -0.39 is 0 Å². The number of rotatable bonds is 8. The number of hydrogen-bond donors (Lipinski definition) is 0. The fourth-order valence-electron chi connectivity index (χ4n) is 2.67. The Balaban J connectivity index is 1.29. The second-order valence-electron chi connectivity index (χ2n) is 6.07. The van der Waals surface area contributed by atoms with Crippen molar-refractivity contribution in [1.82, 2.24) is 0 Å². The minimum absolute atomic E-state index is 0.948. The Kier molecular flexibility index (Phi) is 7.70. The number of hydrogen-bond acceptors (Lipinski definition) is 2. The standard InChI is InChI=1S/C14H24S2Se4/c17-11(1-9-5-15-9)3-13-7-20-14(8-19-13)4-12(18)2-10-6-16-10/h9-14,17-18H,1-8H2. The van der Waals surface area contributed by atoms with Crippen molar-refractivity contribution in [2.24, 2.45) is 0 Å². The third kappa shape index (κ3) is 6.72. The molecule has 0 saturated carbocycles. The molecule has 116 valence electrons. The quantitative estimate of drug-likeness (QED) is 0.324. The maximum absolute atomic E-state index is 2.99. The van der Waals surface area contributed by atoms with Gasteiger partial charge in [-0.2, -0.15) is 0 Å². The molecule has 0 radical (unpaired) electrons. The van der Waals surface area contributed by atoms with Crippen molar-refractivity contribution in [2.45, 2.75) is 66.1 Å². The molecule has 0 spiro atoms. The van der Waals surface area contributed by atoms with E-state index in [-0.39, 0.29) is 0 Å². The first kappa shape index (κ1) is 17.6. The summed E-state index contributed by atoms with van der Waals surface area (Å²) in [5, 5.41) is 5.30. The molecule has 0 aromatic rings. The van der Waals surface area contributed by atoms with Crippen molar-refractivity contribution in [3.05, 3.63) is 0 Å². The second-order valence-corrected chi connectivity index (χ2v) is 17.4. The zero-order valence-electron chi connectivity index (χ0n) is 11.6. The molecule has 0 aromatic carbocycles. The Hall–Kier alpha value is 2.78. The van der Waals surface area contributed by atoms with Gasteiger partial charge >= 0.3 is 163 Å². The van der Waals surface area contributed by atoms with Crippen LogP contribution in [0, 0.1) is 0 Å².